The van der Waals surface area contributed by atoms with Crippen molar-refractivity contribution in [2.24, 2.45) is 0 Å². The third-order valence-corrected chi connectivity index (χ3v) is 1.22. The van der Waals surface area contributed by atoms with E-state index in [2.05, 4.69) is 16.9 Å². The predicted molar refractivity (Wildman–Crippen MR) is 41.0 cm³/mol. The lowest BCUT2D eigenvalue weighted by atomic mass is 10.3. The molecule has 0 bridgehead atoms. The summed E-state index contributed by atoms with van der Waals surface area (Å²) < 4.78 is 0. The molecule has 0 aromatic carbocycles. The predicted octanol–water partition coefficient (Wildman–Crippen LogP) is 1.71. The summed E-state index contributed by atoms with van der Waals surface area (Å²) in [5.41, 5.74) is 1.00. The van der Waals surface area contributed by atoms with E-state index in [1.165, 1.54) is 0 Å². The van der Waals surface area contributed by atoms with Crippen LogP contribution in [0.3, 0.4) is 0 Å². The van der Waals surface area contributed by atoms with Crippen molar-refractivity contribution in [3.63, 3.8) is 0 Å². The van der Waals surface area contributed by atoms with Crippen LogP contribution in [-0.4, -0.2) is 9.97 Å². The molecule has 0 unspecified atom stereocenters. The van der Waals surface area contributed by atoms with E-state index >= 15 is 0 Å². The van der Waals surface area contributed by atoms with E-state index in [-0.39, 0.29) is 0 Å². The minimum Gasteiger partial charge on any atom is -0.237 e. The van der Waals surface area contributed by atoms with Crippen LogP contribution in [0.15, 0.2) is 24.5 Å². The van der Waals surface area contributed by atoms with Crippen LogP contribution in [0, 0.1) is 6.92 Å². The van der Waals surface area contributed by atoms with Crippen LogP contribution in [0.5, 0.6) is 0 Å². The lowest BCUT2D eigenvalue weighted by Crippen LogP contribution is -1.87. The molecule has 1 aromatic heterocycles. The third-order valence-electron chi connectivity index (χ3n) is 1.22. The highest BCUT2D eigenvalue weighted by Gasteiger charge is 1.92. The summed E-state index contributed by atoms with van der Waals surface area (Å²) in [5.74, 6) is 0.748. The Morgan fingerprint density at radius 3 is 2.60 bits per heavy atom. The topological polar surface area (TPSA) is 25.8 Å². The van der Waals surface area contributed by atoms with Gasteiger partial charge in [-0.05, 0) is 25.5 Å². The first-order valence-electron chi connectivity index (χ1n) is 3.08. The Balaban J connectivity index is 2.96. The van der Waals surface area contributed by atoms with Crippen LogP contribution in [0.1, 0.15) is 12.7 Å². The van der Waals surface area contributed by atoms with Gasteiger partial charge < -0.3 is 0 Å². The summed E-state index contributed by atoms with van der Waals surface area (Å²) in [6, 6.07) is 1.79. The molecule has 0 N–H and O–H groups in total. The summed E-state index contributed by atoms with van der Waals surface area (Å²) in [7, 11) is 0. The zero-order valence-electron chi connectivity index (χ0n) is 5.91. The largest absolute Gasteiger partial charge is 0.237 e. The molecule has 1 radical (unpaired) electrons. The second-order valence-corrected chi connectivity index (χ2v) is 1.96. The SMILES string of the molecule is [CH2]C=C(C)c1ncccn1. The number of aromatic nitrogens is 2. The molecule has 0 aliphatic heterocycles. The molecule has 0 fully saturated rings. The van der Waals surface area contributed by atoms with Crippen molar-refractivity contribution < 1.29 is 0 Å². The van der Waals surface area contributed by atoms with Crippen LogP contribution in [0.4, 0.5) is 0 Å². The Bertz CT molecular complexity index is 226. The Labute approximate surface area is 60.6 Å². The normalized spacial score (nSPS) is 11.6. The van der Waals surface area contributed by atoms with E-state index in [9.17, 15) is 0 Å². The molecule has 0 spiro atoms. The quantitative estimate of drug-likeness (QED) is 0.582. The van der Waals surface area contributed by atoms with Crippen molar-refractivity contribution in [1.29, 1.82) is 0 Å². The lowest BCUT2D eigenvalue weighted by Gasteiger charge is -1.94. The molecule has 0 aliphatic rings. The fourth-order valence-electron chi connectivity index (χ4n) is 0.594. The Morgan fingerprint density at radius 2 is 2.10 bits per heavy atom. The zero-order valence-corrected chi connectivity index (χ0v) is 5.91. The molecule has 1 aromatic rings. The van der Waals surface area contributed by atoms with Crippen LogP contribution in [-0.2, 0) is 0 Å². The molecule has 1 heterocycles. The van der Waals surface area contributed by atoms with Crippen LogP contribution in [0.2, 0.25) is 0 Å². The van der Waals surface area contributed by atoms with Gasteiger partial charge in [-0.1, -0.05) is 6.08 Å². The van der Waals surface area contributed by atoms with Gasteiger partial charge in [0.1, 0.15) is 0 Å². The second-order valence-electron chi connectivity index (χ2n) is 1.96. The fraction of sp³-hybridized carbons (Fsp3) is 0.125. The van der Waals surface area contributed by atoms with Gasteiger partial charge in [-0.3, -0.25) is 0 Å². The third kappa shape index (κ3) is 1.41. The zero-order chi connectivity index (χ0) is 7.40. The Kier molecular flexibility index (Phi) is 2.15. The van der Waals surface area contributed by atoms with Gasteiger partial charge in [-0.25, -0.2) is 9.97 Å². The van der Waals surface area contributed by atoms with Crippen LogP contribution < -0.4 is 0 Å². The van der Waals surface area contributed by atoms with E-state index in [0.717, 1.165) is 11.4 Å². The number of hydrogen-bond acceptors (Lipinski definition) is 2. The Morgan fingerprint density at radius 1 is 1.50 bits per heavy atom. The summed E-state index contributed by atoms with van der Waals surface area (Å²) in [5, 5.41) is 0. The first-order chi connectivity index (χ1) is 4.84. The monoisotopic (exact) mass is 133 g/mol. The summed E-state index contributed by atoms with van der Waals surface area (Å²) in [4.78, 5) is 8.06. The van der Waals surface area contributed by atoms with Gasteiger partial charge in [-0.15, -0.1) is 0 Å². The van der Waals surface area contributed by atoms with Crippen molar-refractivity contribution in [2.45, 2.75) is 6.92 Å². The molecular formula is C8H9N2. The summed E-state index contributed by atoms with van der Waals surface area (Å²) in [6.07, 6.45) is 5.18. The van der Waals surface area contributed by atoms with Crippen LogP contribution in [0.25, 0.3) is 5.57 Å². The van der Waals surface area contributed by atoms with Crippen molar-refractivity contribution in [3.8, 4) is 0 Å². The maximum Gasteiger partial charge on any atom is 0.154 e. The molecule has 2 nitrogen and oxygen atoms in total. The van der Waals surface area contributed by atoms with Gasteiger partial charge in [-0.2, -0.15) is 0 Å². The molecule has 2 heteroatoms. The molecule has 51 valence electrons. The number of nitrogens with zero attached hydrogens (tertiary/aromatic N) is 2. The molecule has 0 saturated heterocycles. The maximum absolute atomic E-state index is 4.03. The van der Waals surface area contributed by atoms with E-state index in [1.807, 2.05) is 6.92 Å². The highest BCUT2D eigenvalue weighted by Crippen LogP contribution is 2.04. The fourth-order valence-corrected chi connectivity index (χ4v) is 0.594. The van der Waals surface area contributed by atoms with Crippen LogP contribution >= 0.6 is 0 Å². The van der Waals surface area contributed by atoms with Crippen molar-refractivity contribution in [2.75, 3.05) is 0 Å². The van der Waals surface area contributed by atoms with Crippen molar-refractivity contribution >= 4 is 5.57 Å². The van der Waals surface area contributed by atoms with Gasteiger partial charge in [0.2, 0.25) is 0 Å². The molecule has 0 atom stereocenters. The van der Waals surface area contributed by atoms with Crippen molar-refractivity contribution in [1.82, 2.24) is 9.97 Å². The van der Waals surface area contributed by atoms with E-state index in [0.29, 0.717) is 0 Å². The molecular weight excluding hydrogens is 124 g/mol. The summed E-state index contributed by atoms with van der Waals surface area (Å²) >= 11 is 0. The Hall–Kier alpha value is -1.18. The molecule has 0 saturated carbocycles. The first-order valence-corrected chi connectivity index (χ1v) is 3.08. The number of rotatable bonds is 1. The number of hydrogen-bond donors (Lipinski definition) is 0. The number of allylic oxidation sites excluding steroid dienone is 2. The molecule has 0 aliphatic carbocycles. The maximum atomic E-state index is 4.03. The highest BCUT2D eigenvalue weighted by molar-refractivity contribution is 5.57. The van der Waals surface area contributed by atoms with Gasteiger partial charge in [0.25, 0.3) is 0 Å². The standard InChI is InChI=1S/C8H9N2/c1-3-7(2)8-9-5-4-6-10-8/h3-6H,1H2,2H3. The lowest BCUT2D eigenvalue weighted by molar-refractivity contribution is 1.11. The average molecular weight is 133 g/mol. The van der Waals surface area contributed by atoms with Crippen molar-refractivity contribution in [3.05, 3.63) is 37.3 Å². The molecule has 0 amide bonds. The van der Waals surface area contributed by atoms with E-state index in [1.54, 1.807) is 24.5 Å². The first kappa shape index (κ1) is 6.93. The smallest absolute Gasteiger partial charge is 0.154 e. The van der Waals surface area contributed by atoms with Gasteiger partial charge in [0.15, 0.2) is 5.82 Å². The second kappa shape index (κ2) is 3.11. The van der Waals surface area contributed by atoms with E-state index in [4.69, 9.17) is 0 Å². The minimum absolute atomic E-state index is 0.748. The summed E-state index contributed by atoms with van der Waals surface area (Å²) in [6.45, 7) is 5.55. The molecule has 1 rings (SSSR count). The van der Waals surface area contributed by atoms with Gasteiger partial charge >= 0.3 is 0 Å². The average Bonchev–Trinajstić information content (AvgIpc) is 2.05. The van der Waals surface area contributed by atoms with Gasteiger partial charge in [0.05, 0.1) is 0 Å². The molecule has 10 heavy (non-hydrogen) atoms. The van der Waals surface area contributed by atoms with Gasteiger partial charge in [0, 0.05) is 12.4 Å². The van der Waals surface area contributed by atoms with E-state index < -0.39 is 0 Å². The highest BCUT2D eigenvalue weighted by atomic mass is 14.8. The minimum atomic E-state index is 0.748.